The molecule has 0 aliphatic carbocycles. The number of urea groups is 1. The molecule has 0 atom stereocenters. The third-order valence-electron chi connectivity index (χ3n) is 1.12. The molecule has 70 valence electrons. The zero-order valence-electron chi connectivity index (χ0n) is 7.44. The lowest BCUT2D eigenvalue weighted by atomic mass is 10.5. The lowest BCUT2D eigenvalue weighted by Crippen LogP contribution is -2.42. The highest BCUT2D eigenvalue weighted by Crippen LogP contribution is 1.69. The number of hydrogen-bond acceptors (Lipinski definition) is 2. The Hall–Kier alpha value is -1.26. The first-order chi connectivity index (χ1) is 5.66. The predicted octanol–water partition coefficient (Wildman–Crippen LogP) is -0.211. The minimum Gasteiger partial charge on any atom is -0.339 e. The van der Waals surface area contributed by atoms with E-state index in [2.05, 4.69) is 16.0 Å². The minimum absolute atomic E-state index is 0.161. The Morgan fingerprint density at radius 3 is 2.33 bits per heavy atom. The number of carbonyl (C=O) groups excluding carboxylic acids is 2. The summed E-state index contributed by atoms with van der Waals surface area (Å²) in [5, 5.41) is 7.51. The Morgan fingerprint density at radius 2 is 1.83 bits per heavy atom. The molecule has 5 nitrogen and oxygen atoms in total. The Morgan fingerprint density at radius 1 is 1.17 bits per heavy atom. The van der Waals surface area contributed by atoms with Gasteiger partial charge in [-0.2, -0.15) is 0 Å². The van der Waals surface area contributed by atoms with Crippen LogP contribution in [0, 0.1) is 0 Å². The summed E-state index contributed by atoms with van der Waals surface area (Å²) in [5.41, 5.74) is 0. The summed E-state index contributed by atoms with van der Waals surface area (Å²) in [4.78, 5) is 21.2. The Labute approximate surface area is 71.9 Å². The van der Waals surface area contributed by atoms with Gasteiger partial charge in [0, 0.05) is 13.5 Å². The molecule has 0 radical (unpaired) electrons. The molecule has 0 bridgehead atoms. The molecule has 12 heavy (non-hydrogen) atoms. The summed E-state index contributed by atoms with van der Waals surface area (Å²) in [6.07, 6.45) is 0.896. The second-order valence-electron chi connectivity index (χ2n) is 2.34. The maximum absolute atomic E-state index is 10.8. The van der Waals surface area contributed by atoms with Gasteiger partial charge in [-0.25, -0.2) is 4.79 Å². The molecule has 0 saturated heterocycles. The fourth-order valence-corrected chi connectivity index (χ4v) is 0.550. The van der Waals surface area contributed by atoms with Crippen molar-refractivity contribution in [2.24, 2.45) is 0 Å². The van der Waals surface area contributed by atoms with Crippen molar-refractivity contribution < 1.29 is 9.59 Å². The van der Waals surface area contributed by atoms with Crippen molar-refractivity contribution in [1.82, 2.24) is 16.0 Å². The van der Waals surface area contributed by atoms with Crippen LogP contribution in [0.15, 0.2) is 0 Å². The summed E-state index contributed by atoms with van der Waals surface area (Å²) in [6.45, 7) is 4.18. The first kappa shape index (κ1) is 10.7. The van der Waals surface area contributed by atoms with Crippen molar-refractivity contribution in [3.63, 3.8) is 0 Å². The lowest BCUT2D eigenvalue weighted by molar-refractivity contribution is -0.118. The second-order valence-corrected chi connectivity index (χ2v) is 2.34. The smallest absolute Gasteiger partial charge is 0.316 e. The van der Waals surface area contributed by atoms with Crippen LogP contribution in [0.4, 0.5) is 4.79 Å². The molecule has 0 aliphatic rings. The van der Waals surface area contributed by atoms with Crippen molar-refractivity contribution in [3.8, 4) is 0 Å². The highest BCUT2D eigenvalue weighted by molar-refractivity contribution is 5.75. The molecule has 0 aliphatic heterocycles. The summed E-state index contributed by atoms with van der Waals surface area (Å²) in [6, 6.07) is -0.259. The van der Waals surface area contributed by atoms with Gasteiger partial charge in [-0.1, -0.05) is 6.92 Å². The van der Waals surface area contributed by atoms with Gasteiger partial charge in [-0.15, -0.1) is 0 Å². The average Bonchev–Trinajstić information content (AvgIpc) is 2.00. The van der Waals surface area contributed by atoms with E-state index in [1.165, 1.54) is 6.92 Å². The number of nitrogens with one attached hydrogen (secondary N) is 3. The summed E-state index contributed by atoms with van der Waals surface area (Å²) >= 11 is 0. The predicted molar refractivity (Wildman–Crippen MR) is 45.5 cm³/mol. The molecule has 0 spiro atoms. The first-order valence-electron chi connectivity index (χ1n) is 3.93. The molecular weight excluding hydrogens is 158 g/mol. The van der Waals surface area contributed by atoms with Crippen LogP contribution in [0.25, 0.3) is 0 Å². The standard InChI is InChI=1S/C7H15N3O2/c1-3-4-8-7(12)10-5-9-6(2)11/h3-5H2,1-2H3,(H,9,11)(H2,8,10,12). The van der Waals surface area contributed by atoms with E-state index in [9.17, 15) is 9.59 Å². The molecule has 3 N–H and O–H groups in total. The van der Waals surface area contributed by atoms with Crippen LogP contribution in [0.3, 0.4) is 0 Å². The summed E-state index contributed by atoms with van der Waals surface area (Å²) in [5.74, 6) is -0.161. The van der Waals surface area contributed by atoms with Gasteiger partial charge in [0.05, 0.1) is 6.67 Å². The average molecular weight is 173 g/mol. The van der Waals surface area contributed by atoms with E-state index >= 15 is 0 Å². The molecule has 0 rings (SSSR count). The van der Waals surface area contributed by atoms with Crippen LogP contribution in [0.2, 0.25) is 0 Å². The monoisotopic (exact) mass is 173 g/mol. The van der Waals surface area contributed by atoms with E-state index in [-0.39, 0.29) is 18.6 Å². The molecular formula is C7H15N3O2. The molecule has 0 fully saturated rings. The normalized spacial score (nSPS) is 8.83. The van der Waals surface area contributed by atoms with Crippen LogP contribution >= 0.6 is 0 Å². The van der Waals surface area contributed by atoms with Crippen molar-refractivity contribution >= 4 is 11.9 Å². The number of amides is 3. The van der Waals surface area contributed by atoms with E-state index in [4.69, 9.17) is 0 Å². The molecule has 0 saturated carbocycles. The molecule has 0 unspecified atom stereocenters. The van der Waals surface area contributed by atoms with E-state index < -0.39 is 0 Å². The van der Waals surface area contributed by atoms with E-state index in [1.54, 1.807) is 0 Å². The zero-order valence-corrected chi connectivity index (χ0v) is 7.44. The van der Waals surface area contributed by atoms with Gasteiger partial charge >= 0.3 is 6.03 Å². The fraction of sp³-hybridized carbons (Fsp3) is 0.714. The highest BCUT2D eigenvalue weighted by atomic mass is 16.2. The SMILES string of the molecule is CCCNC(=O)NCNC(C)=O. The maximum Gasteiger partial charge on any atom is 0.316 e. The Kier molecular flexibility index (Phi) is 5.77. The van der Waals surface area contributed by atoms with Crippen LogP contribution in [-0.4, -0.2) is 25.2 Å². The van der Waals surface area contributed by atoms with Gasteiger partial charge in [-0.05, 0) is 6.42 Å². The maximum atomic E-state index is 10.8. The fourth-order valence-electron chi connectivity index (χ4n) is 0.550. The van der Waals surface area contributed by atoms with E-state index in [0.717, 1.165) is 6.42 Å². The van der Waals surface area contributed by atoms with Gasteiger partial charge in [0.2, 0.25) is 5.91 Å². The van der Waals surface area contributed by atoms with Crippen molar-refractivity contribution in [2.75, 3.05) is 13.2 Å². The van der Waals surface area contributed by atoms with Crippen molar-refractivity contribution in [1.29, 1.82) is 0 Å². The molecule has 5 heteroatoms. The summed E-state index contributed by atoms with van der Waals surface area (Å²) < 4.78 is 0. The Bertz CT molecular complexity index is 159. The van der Waals surface area contributed by atoms with Crippen LogP contribution in [0.5, 0.6) is 0 Å². The highest BCUT2D eigenvalue weighted by Gasteiger charge is 1.96. The van der Waals surface area contributed by atoms with Gasteiger partial charge in [0.15, 0.2) is 0 Å². The zero-order chi connectivity index (χ0) is 9.40. The summed E-state index contributed by atoms with van der Waals surface area (Å²) in [7, 11) is 0. The Balaban J connectivity index is 3.25. The van der Waals surface area contributed by atoms with Gasteiger partial charge in [0.1, 0.15) is 0 Å². The third kappa shape index (κ3) is 6.85. The number of rotatable bonds is 4. The second kappa shape index (κ2) is 6.45. The lowest BCUT2D eigenvalue weighted by Gasteiger charge is -2.06. The van der Waals surface area contributed by atoms with Crippen molar-refractivity contribution in [2.45, 2.75) is 20.3 Å². The molecule has 0 aromatic heterocycles. The van der Waals surface area contributed by atoms with Crippen LogP contribution in [-0.2, 0) is 4.79 Å². The van der Waals surface area contributed by atoms with Gasteiger partial charge in [0.25, 0.3) is 0 Å². The van der Waals surface area contributed by atoms with Gasteiger partial charge in [-0.3, -0.25) is 4.79 Å². The molecule has 3 amide bonds. The van der Waals surface area contributed by atoms with E-state index in [0.29, 0.717) is 6.54 Å². The van der Waals surface area contributed by atoms with Crippen molar-refractivity contribution in [3.05, 3.63) is 0 Å². The van der Waals surface area contributed by atoms with Gasteiger partial charge < -0.3 is 16.0 Å². The first-order valence-corrected chi connectivity index (χ1v) is 3.93. The number of carbonyl (C=O) groups is 2. The third-order valence-corrected chi connectivity index (χ3v) is 1.12. The quantitative estimate of drug-likeness (QED) is 0.515. The molecule has 0 aromatic carbocycles. The van der Waals surface area contributed by atoms with E-state index in [1.807, 2.05) is 6.92 Å². The largest absolute Gasteiger partial charge is 0.339 e. The topological polar surface area (TPSA) is 70.2 Å². The van der Waals surface area contributed by atoms with Crippen LogP contribution in [0.1, 0.15) is 20.3 Å². The molecule has 0 aromatic rings. The van der Waals surface area contributed by atoms with Crippen LogP contribution < -0.4 is 16.0 Å². The number of hydrogen-bond donors (Lipinski definition) is 3. The minimum atomic E-state index is -0.259. The molecule has 0 heterocycles.